The van der Waals surface area contributed by atoms with Gasteiger partial charge >= 0.3 is 5.97 Å². The number of benzene rings is 1. The van der Waals surface area contributed by atoms with E-state index < -0.39 is 24.0 Å². The lowest BCUT2D eigenvalue weighted by atomic mass is 10.1. The first-order valence-electron chi connectivity index (χ1n) is 5.83. The fourth-order valence-electron chi connectivity index (χ4n) is 1.43. The van der Waals surface area contributed by atoms with Crippen molar-refractivity contribution in [2.75, 3.05) is 0 Å². The molecule has 2 atom stereocenters. The number of carbonyl (C=O) groups is 2. The van der Waals surface area contributed by atoms with Crippen molar-refractivity contribution in [3.63, 3.8) is 0 Å². The van der Waals surface area contributed by atoms with Gasteiger partial charge in [0.15, 0.2) is 6.04 Å². The Kier molecular flexibility index (Phi) is 5.44. The number of nitrogens with zero attached hydrogens (tertiary/aromatic N) is 1. The normalized spacial score (nSPS) is 13.4. The lowest BCUT2D eigenvalue weighted by Gasteiger charge is -2.15. The molecule has 3 N–H and O–H groups in total. The zero-order valence-electron chi connectivity index (χ0n) is 10.8. The van der Waals surface area contributed by atoms with Gasteiger partial charge in [-0.15, -0.1) is 0 Å². The number of carboxylic acid groups (broad SMARTS) is 1. The smallest absolute Gasteiger partial charge is 0.328 e. The van der Waals surface area contributed by atoms with Crippen LogP contribution < -0.4 is 5.32 Å². The fourth-order valence-corrected chi connectivity index (χ4v) is 1.43. The Morgan fingerprint density at radius 1 is 1.35 bits per heavy atom. The molecule has 0 saturated carbocycles. The molecule has 0 aliphatic heterocycles. The van der Waals surface area contributed by atoms with E-state index in [-0.39, 0.29) is 0 Å². The molecule has 0 radical (unpaired) electrons. The van der Waals surface area contributed by atoms with Crippen molar-refractivity contribution in [2.45, 2.75) is 19.1 Å². The maximum absolute atomic E-state index is 11.5. The van der Waals surface area contributed by atoms with Crippen molar-refractivity contribution >= 4 is 18.0 Å². The lowest BCUT2D eigenvalue weighted by Crippen LogP contribution is -2.47. The van der Waals surface area contributed by atoms with Crippen LogP contribution in [0.1, 0.15) is 18.1 Å². The van der Waals surface area contributed by atoms with Crippen LogP contribution in [0.15, 0.2) is 30.3 Å². The monoisotopic (exact) mass is 274 g/mol. The second-order valence-electron chi connectivity index (χ2n) is 4.13. The quantitative estimate of drug-likeness (QED) is 0.678. The van der Waals surface area contributed by atoms with Crippen LogP contribution >= 0.6 is 0 Å². The molecule has 0 fully saturated rings. The standard InChI is InChI=1S/C14H14N2O4/c1-9(17)13(14(19)20)16-12(18)7-6-10-2-4-11(8-15)5-3-10/h2-7,9,13,17H,1H3,(H,16,18)(H,19,20)/b7-6+/t9-,13+/m1/s1. The number of carbonyl (C=O) groups excluding carboxylic acids is 1. The van der Waals surface area contributed by atoms with Crippen molar-refractivity contribution in [3.05, 3.63) is 41.5 Å². The van der Waals surface area contributed by atoms with Crippen molar-refractivity contribution in [3.8, 4) is 6.07 Å². The van der Waals surface area contributed by atoms with Crippen LogP contribution in [0, 0.1) is 11.3 Å². The summed E-state index contributed by atoms with van der Waals surface area (Å²) < 4.78 is 0. The molecule has 6 heteroatoms. The number of aliphatic carboxylic acids is 1. The third-order valence-electron chi connectivity index (χ3n) is 2.51. The highest BCUT2D eigenvalue weighted by atomic mass is 16.4. The third-order valence-corrected chi connectivity index (χ3v) is 2.51. The molecule has 6 nitrogen and oxygen atoms in total. The maximum Gasteiger partial charge on any atom is 0.328 e. The molecule has 0 spiro atoms. The number of nitriles is 1. The zero-order valence-corrected chi connectivity index (χ0v) is 10.8. The highest BCUT2D eigenvalue weighted by Crippen LogP contribution is 2.05. The topological polar surface area (TPSA) is 110 Å². The van der Waals surface area contributed by atoms with E-state index >= 15 is 0 Å². The predicted molar refractivity (Wildman–Crippen MR) is 71.4 cm³/mol. The van der Waals surface area contributed by atoms with Crippen LogP contribution in [0.25, 0.3) is 6.08 Å². The van der Waals surface area contributed by atoms with E-state index in [1.807, 2.05) is 6.07 Å². The van der Waals surface area contributed by atoms with Gasteiger partial charge in [-0.3, -0.25) is 4.79 Å². The van der Waals surface area contributed by atoms with Gasteiger partial charge in [-0.1, -0.05) is 12.1 Å². The molecule has 0 aliphatic carbocycles. The predicted octanol–water partition coefficient (Wildman–Crippen LogP) is 0.522. The van der Waals surface area contributed by atoms with Crippen molar-refractivity contribution in [1.82, 2.24) is 5.32 Å². The summed E-state index contributed by atoms with van der Waals surface area (Å²) in [5, 5.41) is 28.8. The van der Waals surface area contributed by atoms with Gasteiger partial charge in [0.05, 0.1) is 17.7 Å². The minimum atomic E-state index is -1.35. The van der Waals surface area contributed by atoms with Gasteiger partial charge in [0.25, 0.3) is 0 Å². The molecule has 0 bridgehead atoms. The highest BCUT2D eigenvalue weighted by Gasteiger charge is 2.23. The second-order valence-corrected chi connectivity index (χ2v) is 4.13. The molecule has 0 aliphatic rings. The lowest BCUT2D eigenvalue weighted by molar-refractivity contribution is -0.144. The average molecular weight is 274 g/mol. The Labute approximate surface area is 116 Å². The molecular formula is C14H14N2O4. The molecular weight excluding hydrogens is 260 g/mol. The molecule has 20 heavy (non-hydrogen) atoms. The Morgan fingerprint density at radius 2 is 1.95 bits per heavy atom. The van der Waals surface area contributed by atoms with Crippen LogP contribution in [0.5, 0.6) is 0 Å². The van der Waals surface area contributed by atoms with Crippen LogP contribution in [-0.4, -0.2) is 34.2 Å². The molecule has 1 amide bonds. The first-order valence-corrected chi connectivity index (χ1v) is 5.83. The van der Waals surface area contributed by atoms with Gasteiger partial charge < -0.3 is 15.5 Å². The number of rotatable bonds is 5. The van der Waals surface area contributed by atoms with Crippen LogP contribution in [0.4, 0.5) is 0 Å². The van der Waals surface area contributed by atoms with E-state index in [2.05, 4.69) is 5.32 Å². The first-order chi connectivity index (χ1) is 9.43. The summed E-state index contributed by atoms with van der Waals surface area (Å²) in [6.45, 7) is 1.28. The molecule has 0 aromatic heterocycles. The minimum absolute atomic E-state index is 0.506. The second kappa shape index (κ2) is 7.07. The molecule has 0 heterocycles. The SMILES string of the molecule is C[C@@H](O)[C@H](NC(=O)/C=C/c1ccc(C#N)cc1)C(=O)O. The van der Waals surface area contributed by atoms with Gasteiger partial charge in [-0.25, -0.2) is 4.79 Å². The first kappa shape index (κ1) is 15.4. The minimum Gasteiger partial charge on any atom is -0.480 e. The van der Waals surface area contributed by atoms with E-state index in [0.717, 1.165) is 0 Å². The largest absolute Gasteiger partial charge is 0.480 e. The van der Waals surface area contributed by atoms with Crippen LogP contribution in [0.2, 0.25) is 0 Å². The van der Waals surface area contributed by atoms with E-state index in [9.17, 15) is 14.7 Å². The van der Waals surface area contributed by atoms with E-state index in [1.54, 1.807) is 24.3 Å². The summed E-state index contributed by atoms with van der Waals surface area (Å²) in [5.41, 5.74) is 1.20. The number of amides is 1. The van der Waals surface area contributed by atoms with E-state index in [1.165, 1.54) is 19.1 Å². The molecule has 1 aromatic rings. The van der Waals surface area contributed by atoms with Gasteiger partial charge in [0.2, 0.25) is 5.91 Å². The molecule has 0 saturated heterocycles. The number of nitrogens with one attached hydrogen (secondary N) is 1. The van der Waals surface area contributed by atoms with Crippen LogP contribution in [-0.2, 0) is 9.59 Å². The third kappa shape index (κ3) is 4.55. The molecule has 0 unspecified atom stereocenters. The summed E-state index contributed by atoms with van der Waals surface area (Å²) in [7, 11) is 0. The van der Waals surface area contributed by atoms with Gasteiger partial charge in [-0.2, -0.15) is 5.26 Å². The fraction of sp³-hybridized carbons (Fsp3) is 0.214. The number of hydrogen-bond acceptors (Lipinski definition) is 4. The van der Waals surface area contributed by atoms with Gasteiger partial charge in [0.1, 0.15) is 0 Å². The Balaban J connectivity index is 2.67. The maximum atomic E-state index is 11.5. The van der Waals surface area contributed by atoms with Gasteiger partial charge in [0, 0.05) is 6.08 Å². The zero-order chi connectivity index (χ0) is 15.1. The Hall–Kier alpha value is -2.65. The average Bonchev–Trinajstić information content (AvgIpc) is 2.42. The highest BCUT2D eigenvalue weighted by molar-refractivity contribution is 5.94. The Bertz CT molecular complexity index is 556. The number of hydrogen-bond donors (Lipinski definition) is 3. The molecule has 1 aromatic carbocycles. The van der Waals surface area contributed by atoms with Crippen molar-refractivity contribution < 1.29 is 19.8 Å². The van der Waals surface area contributed by atoms with Gasteiger partial charge in [-0.05, 0) is 30.7 Å². The molecule has 1 rings (SSSR count). The summed E-state index contributed by atoms with van der Waals surface area (Å²) in [4.78, 5) is 22.3. The van der Waals surface area contributed by atoms with Crippen molar-refractivity contribution in [1.29, 1.82) is 5.26 Å². The number of aliphatic hydroxyl groups is 1. The summed E-state index contributed by atoms with van der Waals surface area (Å²) in [6.07, 6.45) is 1.46. The van der Waals surface area contributed by atoms with Crippen LogP contribution in [0.3, 0.4) is 0 Å². The summed E-state index contributed by atoms with van der Waals surface area (Å²) in [5.74, 6) is -1.93. The molecule has 104 valence electrons. The summed E-state index contributed by atoms with van der Waals surface area (Å²) in [6, 6.07) is 7.15. The Morgan fingerprint density at radius 3 is 2.40 bits per heavy atom. The summed E-state index contributed by atoms with van der Waals surface area (Å²) >= 11 is 0. The number of carboxylic acids is 1. The number of aliphatic hydroxyl groups excluding tert-OH is 1. The van der Waals surface area contributed by atoms with E-state index in [0.29, 0.717) is 11.1 Å². The van der Waals surface area contributed by atoms with Crippen molar-refractivity contribution in [2.24, 2.45) is 0 Å². The van der Waals surface area contributed by atoms with E-state index in [4.69, 9.17) is 10.4 Å².